The van der Waals surface area contributed by atoms with Crippen molar-refractivity contribution in [1.29, 1.82) is 0 Å². The third kappa shape index (κ3) is 5.31. The monoisotopic (exact) mass is 342 g/mol. The minimum absolute atomic E-state index is 0.179. The van der Waals surface area contributed by atoms with Crippen LogP contribution in [0.4, 0.5) is 4.79 Å². The zero-order valence-electron chi connectivity index (χ0n) is 14.0. The van der Waals surface area contributed by atoms with Crippen LogP contribution in [0.15, 0.2) is 48.5 Å². The lowest BCUT2D eigenvalue weighted by molar-refractivity contribution is 0.174. The third-order valence-electron chi connectivity index (χ3n) is 3.76. The predicted octanol–water partition coefficient (Wildman–Crippen LogP) is 3.07. The van der Waals surface area contributed by atoms with Gasteiger partial charge in [0, 0.05) is 13.1 Å². The number of urea groups is 1. The van der Waals surface area contributed by atoms with Crippen LogP contribution in [0.5, 0.6) is 17.2 Å². The van der Waals surface area contributed by atoms with Crippen molar-refractivity contribution in [1.82, 2.24) is 10.6 Å². The molecule has 0 bridgehead atoms. The van der Waals surface area contributed by atoms with Gasteiger partial charge >= 0.3 is 6.03 Å². The molecular formula is C19H22N2O4. The van der Waals surface area contributed by atoms with Crippen molar-refractivity contribution in [3.05, 3.63) is 54.1 Å². The molecule has 2 amide bonds. The van der Waals surface area contributed by atoms with Crippen molar-refractivity contribution in [2.24, 2.45) is 0 Å². The Morgan fingerprint density at radius 1 is 1.00 bits per heavy atom. The van der Waals surface area contributed by atoms with Gasteiger partial charge in [-0.05, 0) is 42.7 Å². The first-order valence-corrected chi connectivity index (χ1v) is 8.39. The molecular weight excluding hydrogens is 320 g/mol. The van der Waals surface area contributed by atoms with Crippen LogP contribution in [0.25, 0.3) is 0 Å². The van der Waals surface area contributed by atoms with Crippen molar-refractivity contribution in [2.75, 3.05) is 19.9 Å². The molecule has 3 rings (SSSR count). The van der Waals surface area contributed by atoms with E-state index in [1.54, 1.807) is 0 Å². The summed E-state index contributed by atoms with van der Waals surface area (Å²) in [5.74, 6) is 2.33. The van der Waals surface area contributed by atoms with Gasteiger partial charge in [0.05, 0.1) is 6.61 Å². The fourth-order valence-corrected chi connectivity index (χ4v) is 2.43. The number of hydrogen-bond donors (Lipinski definition) is 2. The molecule has 0 fully saturated rings. The second-order valence-corrected chi connectivity index (χ2v) is 5.67. The van der Waals surface area contributed by atoms with E-state index < -0.39 is 0 Å². The van der Waals surface area contributed by atoms with E-state index >= 15 is 0 Å². The highest BCUT2D eigenvalue weighted by molar-refractivity contribution is 5.73. The van der Waals surface area contributed by atoms with Gasteiger partial charge in [-0.3, -0.25) is 0 Å². The standard InChI is InChI=1S/C19H22N2O4/c22-19(20-10-4-5-11-23-16-6-2-1-3-7-16)21-13-15-8-9-17-18(12-15)25-14-24-17/h1-3,6-9,12H,4-5,10-11,13-14H2,(H2,20,21,22). The zero-order valence-corrected chi connectivity index (χ0v) is 14.0. The number of carbonyl (C=O) groups is 1. The second kappa shape index (κ2) is 8.82. The normalized spacial score (nSPS) is 11.8. The number of nitrogens with one attached hydrogen (secondary N) is 2. The Kier molecular flexibility index (Phi) is 5.98. The van der Waals surface area contributed by atoms with Gasteiger partial charge in [-0.1, -0.05) is 24.3 Å². The van der Waals surface area contributed by atoms with Gasteiger partial charge in [0.1, 0.15) is 5.75 Å². The van der Waals surface area contributed by atoms with Gasteiger partial charge < -0.3 is 24.8 Å². The van der Waals surface area contributed by atoms with Crippen LogP contribution in [0.1, 0.15) is 18.4 Å². The number of para-hydroxylation sites is 1. The number of hydrogen-bond acceptors (Lipinski definition) is 4. The summed E-state index contributed by atoms with van der Waals surface area (Å²) in [4.78, 5) is 11.8. The number of ether oxygens (including phenoxy) is 3. The van der Waals surface area contributed by atoms with Crippen LogP contribution in [-0.2, 0) is 6.54 Å². The number of amides is 2. The van der Waals surface area contributed by atoms with Crippen LogP contribution >= 0.6 is 0 Å². The Morgan fingerprint density at radius 3 is 2.72 bits per heavy atom. The summed E-state index contributed by atoms with van der Waals surface area (Å²) in [5.41, 5.74) is 0.968. The lowest BCUT2D eigenvalue weighted by atomic mass is 10.2. The van der Waals surface area contributed by atoms with Crippen LogP contribution in [-0.4, -0.2) is 26.0 Å². The molecule has 2 aromatic carbocycles. The van der Waals surface area contributed by atoms with Gasteiger partial charge in [0.2, 0.25) is 6.79 Å². The lowest BCUT2D eigenvalue weighted by Crippen LogP contribution is -2.35. The van der Waals surface area contributed by atoms with Gasteiger partial charge in [-0.15, -0.1) is 0 Å². The lowest BCUT2D eigenvalue weighted by Gasteiger charge is -2.09. The zero-order chi connectivity index (χ0) is 17.3. The number of rotatable bonds is 8. The average molecular weight is 342 g/mol. The molecule has 0 radical (unpaired) electrons. The van der Waals surface area contributed by atoms with Crippen LogP contribution in [0, 0.1) is 0 Å². The minimum Gasteiger partial charge on any atom is -0.494 e. The van der Waals surface area contributed by atoms with Gasteiger partial charge in [0.15, 0.2) is 11.5 Å². The largest absolute Gasteiger partial charge is 0.494 e. The van der Waals surface area contributed by atoms with Crippen LogP contribution < -0.4 is 24.8 Å². The summed E-state index contributed by atoms with van der Waals surface area (Å²) in [7, 11) is 0. The van der Waals surface area contributed by atoms with Gasteiger partial charge in [-0.25, -0.2) is 4.79 Å². The molecule has 0 saturated carbocycles. The molecule has 0 atom stereocenters. The Morgan fingerprint density at radius 2 is 1.84 bits per heavy atom. The average Bonchev–Trinajstić information content (AvgIpc) is 3.11. The molecule has 0 unspecified atom stereocenters. The quantitative estimate of drug-likeness (QED) is 0.724. The van der Waals surface area contributed by atoms with E-state index in [0.29, 0.717) is 19.7 Å². The molecule has 2 N–H and O–H groups in total. The van der Waals surface area contributed by atoms with E-state index in [4.69, 9.17) is 14.2 Å². The first-order chi connectivity index (χ1) is 12.3. The summed E-state index contributed by atoms with van der Waals surface area (Å²) in [6, 6.07) is 15.2. The maximum absolute atomic E-state index is 11.8. The van der Waals surface area contributed by atoms with Crippen molar-refractivity contribution in [3.63, 3.8) is 0 Å². The first-order valence-electron chi connectivity index (χ1n) is 8.39. The number of benzene rings is 2. The summed E-state index contributed by atoms with van der Waals surface area (Å²) in [5, 5.41) is 5.67. The van der Waals surface area contributed by atoms with Gasteiger partial charge in [-0.2, -0.15) is 0 Å². The molecule has 0 aromatic heterocycles. The van der Waals surface area contributed by atoms with Crippen LogP contribution in [0.3, 0.4) is 0 Å². The highest BCUT2D eigenvalue weighted by Crippen LogP contribution is 2.32. The number of fused-ring (bicyclic) bond motifs is 1. The van der Waals surface area contributed by atoms with Crippen molar-refractivity contribution >= 4 is 6.03 Å². The van der Waals surface area contributed by atoms with E-state index in [0.717, 1.165) is 35.7 Å². The van der Waals surface area contributed by atoms with Crippen molar-refractivity contribution < 1.29 is 19.0 Å². The van der Waals surface area contributed by atoms with E-state index in [1.165, 1.54) is 0 Å². The molecule has 1 aliphatic rings. The first kappa shape index (κ1) is 17.0. The molecule has 1 heterocycles. The van der Waals surface area contributed by atoms with E-state index in [9.17, 15) is 4.79 Å². The topological polar surface area (TPSA) is 68.8 Å². The highest BCUT2D eigenvalue weighted by atomic mass is 16.7. The number of carbonyl (C=O) groups excluding carboxylic acids is 1. The molecule has 6 heteroatoms. The van der Waals surface area contributed by atoms with Crippen LogP contribution in [0.2, 0.25) is 0 Å². The fourth-order valence-electron chi connectivity index (χ4n) is 2.43. The Hall–Kier alpha value is -2.89. The SMILES string of the molecule is O=C(NCCCCOc1ccccc1)NCc1ccc2c(c1)OCO2. The highest BCUT2D eigenvalue weighted by Gasteiger charge is 2.13. The summed E-state index contributed by atoms with van der Waals surface area (Å²) >= 11 is 0. The molecule has 2 aromatic rings. The molecule has 0 aliphatic carbocycles. The smallest absolute Gasteiger partial charge is 0.315 e. The van der Waals surface area contributed by atoms with Crippen molar-refractivity contribution in [2.45, 2.75) is 19.4 Å². The molecule has 25 heavy (non-hydrogen) atoms. The van der Waals surface area contributed by atoms with Crippen molar-refractivity contribution in [3.8, 4) is 17.2 Å². The van der Waals surface area contributed by atoms with E-state index in [-0.39, 0.29) is 12.8 Å². The fraction of sp³-hybridized carbons (Fsp3) is 0.316. The molecule has 0 saturated heterocycles. The molecule has 132 valence electrons. The minimum atomic E-state index is -0.179. The molecule has 6 nitrogen and oxygen atoms in total. The summed E-state index contributed by atoms with van der Waals surface area (Å²) in [6.07, 6.45) is 1.75. The molecule has 1 aliphatic heterocycles. The summed E-state index contributed by atoms with van der Waals surface area (Å²) in [6.45, 7) is 1.95. The number of unbranched alkanes of at least 4 members (excludes halogenated alkanes) is 1. The third-order valence-corrected chi connectivity index (χ3v) is 3.76. The Labute approximate surface area is 147 Å². The molecule has 0 spiro atoms. The second-order valence-electron chi connectivity index (χ2n) is 5.67. The predicted molar refractivity (Wildman–Crippen MR) is 94.0 cm³/mol. The van der Waals surface area contributed by atoms with E-state index in [2.05, 4.69) is 10.6 Å². The Bertz CT molecular complexity index is 691. The summed E-state index contributed by atoms with van der Waals surface area (Å²) < 4.78 is 16.2. The maximum Gasteiger partial charge on any atom is 0.315 e. The Balaban J connectivity index is 1.26. The van der Waals surface area contributed by atoms with Gasteiger partial charge in [0.25, 0.3) is 0 Å². The van der Waals surface area contributed by atoms with E-state index in [1.807, 2.05) is 48.5 Å². The maximum atomic E-state index is 11.8.